The molecule has 21 heavy (non-hydrogen) atoms. The number of anilines is 1. The van der Waals surface area contributed by atoms with Gasteiger partial charge in [0.05, 0.1) is 5.39 Å². The van der Waals surface area contributed by atoms with E-state index in [1.165, 1.54) is 4.88 Å². The first-order chi connectivity index (χ1) is 10.3. The highest BCUT2D eigenvalue weighted by Gasteiger charge is 2.14. The average molecular weight is 319 g/mol. The lowest BCUT2D eigenvalue weighted by Gasteiger charge is -2.05. The highest BCUT2D eigenvalue weighted by molar-refractivity contribution is 7.18. The van der Waals surface area contributed by atoms with E-state index < -0.39 is 0 Å². The third kappa shape index (κ3) is 3.07. The van der Waals surface area contributed by atoms with E-state index >= 15 is 0 Å². The topological polar surface area (TPSA) is 61.0 Å². The first-order valence-corrected chi connectivity index (χ1v) is 8.70. The maximum atomic E-state index is 6.14. The molecule has 3 rings (SSSR count). The Morgan fingerprint density at radius 2 is 2.19 bits per heavy atom. The Kier molecular flexibility index (Phi) is 4.48. The van der Waals surface area contributed by atoms with Gasteiger partial charge in [-0.25, -0.2) is 9.97 Å². The van der Waals surface area contributed by atoms with Crippen molar-refractivity contribution in [2.24, 2.45) is 0 Å². The van der Waals surface area contributed by atoms with E-state index in [2.05, 4.69) is 33.7 Å². The zero-order valence-corrected chi connectivity index (χ0v) is 13.5. The second kappa shape index (κ2) is 6.51. The number of nitrogen functional groups attached to an aromatic ring is 1. The number of nitrogens with two attached hydrogens (primary N) is 1. The number of ether oxygens (including phenoxy) is 1. The predicted octanol–water partition coefficient (Wildman–Crippen LogP) is 4.32. The molecule has 4 nitrogen and oxygen atoms in total. The zero-order chi connectivity index (χ0) is 14.7. The van der Waals surface area contributed by atoms with Gasteiger partial charge in [-0.1, -0.05) is 19.4 Å². The molecule has 0 amide bonds. The summed E-state index contributed by atoms with van der Waals surface area (Å²) in [6.07, 6.45) is 2.18. The third-order valence-electron chi connectivity index (χ3n) is 3.17. The molecule has 0 bridgehead atoms. The van der Waals surface area contributed by atoms with Gasteiger partial charge in [0.15, 0.2) is 5.82 Å². The van der Waals surface area contributed by atoms with Gasteiger partial charge in [-0.05, 0) is 17.9 Å². The minimum Gasteiger partial charge on any atom is -0.383 e. The Bertz CT molecular complexity index is 722. The van der Waals surface area contributed by atoms with E-state index in [0.717, 1.165) is 35.2 Å². The fraction of sp³-hybridized carbons (Fsp3) is 0.333. The lowest BCUT2D eigenvalue weighted by atomic mass is 10.2. The molecule has 0 fully saturated rings. The lowest BCUT2D eigenvalue weighted by Crippen LogP contribution is -2.03. The van der Waals surface area contributed by atoms with E-state index in [1.54, 1.807) is 22.7 Å². The largest absolute Gasteiger partial charge is 0.383 e. The van der Waals surface area contributed by atoms with Gasteiger partial charge in [-0.3, -0.25) is 0 Å². The molecule has 0 saturated heterocycles. The molecule has 0 radical (unpaired) electrons. The highest BCUT2D eigenvalue weighted by Crippen LogP contribution is 2.37. The summed E-state index contributed by atoms with van der Waals surface area (Å²) >= 11 is 3.30. The highest BCUT2D eigenvalue weighted by atomic mass is 32.1. The standard InChI is InChI=1S/C15H17N3OS2/c1-2-3-6-19-8-12-17-14(16)13-10(9-21-15(13)18-12)11-5-4-7-20-11/h4-5,7,9H,2-3,6,8H2,1H3,(H2,16,17,18). The van der Waals surface area contributed by atoms with Crippen molar-refractivity contribution in [2.75, 3.05) is 12.3 Å². The van der Waals surface area contributed by atoms with Gasteiger partial charge in [-0.15, -0.1) is 22.7 Å². The van der Waals surface area contributed by atoms with E-state index in [1.807, 2.05) is 6.07 Å². The van der Waals surface area contributed by atoms with Crippen LogP contribution in [0.25, 0.3) is 20.7 Å². The molecule has 0 saturated carbocycles. The van der Waals surface area contributed by atoms with Gasteiger partial charge in [0.25, 0.3) is 0 Å². The summed E-state index contributed by atoms with van der Waals surface area (Å²) in [6.45, 7) is 3.30. The number of rotatable bonds is 6. The third-order valence-corrected chi connectivity index (χ3v) is 4.94. The van der Waals surface area contributed by atoms with Crippen LogP contribution in [-0.2, 0) is 11.3 Å². The molecule has 110 valence electrons. The van der Waals surface area contributed by atoms with E-state index in [4.69, 9.17) is 10.5 Å². The molecule has 6 heteroatoms. The van der Waals surface area contributed by atoms with Gasteiger partial charge in [0.1, 0.15) is 17.3 Å². The molecule has 0 spiro atoms. The first kappa shape index (κ1) is 14.4. The summed E-state index contributed by atoms with van der Waals surface area (Å²) in [4.78, 5) is 11.1. The van der Waals surface area contributed by atoms with Crippen molar-refractivity contribution in [1.82, 2.24) is 9.97 Å². The van der Waals surface area contributed by atoms with Gasteiger partial charge in [0, 0.05) is 22.4 Å². The van der Waals surface area contributed by atoms with Crippen LogP contribution in [0.4, 0.5) is 5.82 Å². The fourth-order valence-corrected chi connectivity index (χ4v) is 3.89. The van der Waals surface area contributed by atoms with Crippen LogP contribution in [0.5, 0.6) is 0 Å². The molecular weight excluding hydrogens is 302 g/mol. The molecule has 0 aliphatic rings. The quantitative estimate of drug-likeness (QED) is 0.687. The molecule has 2 N–H and O–H groups in total. The summed E-state index contributed by atoms with van der Waals surface area (Å²) < 4.78 is 5.57. The molecular formula is C15H17N3OS2. The second-order valence-corrected chi connectivity index (χ2v) is 6.54. The number of hydrogen-bond acceptors (Lipinski definition) is 6. The molecule has 3 aromatic rings. The van der Waals surface area contributed by atoms with Crippen LogP contribution in [0.3, 0.4) is 0 Å². The Hall–Kier alpha value is -1.50. The maximum Gasteiger partial charge on any atom is 0.158 e. The number of nitrogens with zero attached hydrogens (tertiary/aromatic N) is 2. The van der Waals surface area contributed by atoms with Crippen molar-refractivity contribution in [3.63, 3.8) is 0 Å². The fourth-order valence-electron chi connectivity index (χ4n) is 2.10. The van der Waals surface area contributed by atoms with Crippen LogP contribution in [0, 0.1) is 0 Å². The normalized spacial score (nSPS) is 11.3. The smallest absolute Gasteiger partial charge is 0.158 e. The zero-order valence-electron chi connectivity index (χ0n) is 11.8. The molecule has 0 atom stereocenters. The summed E-state index contributed by atoms with van der Waals surface area (Å²) in [7, 11) is 0. The van der Waals surface area contributed by atoms with Crippen LogP contribution in [0.2, 0.25) is 0 Å². The van der Waals surface area contributed by atoms with E-state index in [0.29, 0.717) is 18.2 Å². The van der Waals surface area contributed by atoms with Crippen LogP contribution in [0.1, 0.15) is 25.6 Å². The lowest BCUT2D eigenvalue weighted by molar-refractivity contribution is 0.113. The Morgan fingerprint density at radius 1 is 1.29 bits per heavy atom. The van der Waals surface area contributed by atoms with Gasteiger partial charge in [0.2, 0.25) is 0 Å². The maximum absolute atomic E-state index is 6.14. The number of fused-ring (bicyclic) bond motifs is 1. The van der Waals surface area contributed by atoms with Crippen LogP contribution in [0.15, 0.2) is 22.9 Å². The van der Waals surface area contributed by atoms with Crippen molar-refractivity contribution in [2.45, 2.75) is 26.4 Å². The Labute approximate surface area is 131 Å². The summed E-state index contributed by atoms with van der Waals surface area (Å²) in [5.74, 6) is 1.20. The molecule has 3 aromatic heterocycles. The van der Waals surface area contributed by atoms with Crippen molar-refractivity contribution in [3.8, 4) is 10.4 Å². The van der Waals surface area contributed by atoms with Gasteiger partial charge in [-0.2, -0.15) is 0 Å². The second-order valence-electron chi connectivity index (χ2n) is 4.74. The van der Waals surface area contributed by atoms with Crippen molar-refractivity contribution < 1.29 is 4.74 Å². The van der Waals surface area contributed by atoms with Gasteiger partial charge < -0.3 is 10.5 Å². The van der Waals surface area contributed by atoms with E-state index in [-0.39, 0.29) is 0 Å². The van der Waals surface area contributed by atoms with Crippen LogP contribution < -0.4 is 5.73 Å². The summed E-state index contributed by atoms with van der Waals surface area (Å²) in [5.41, 5.74) is 7.27. The molecule has 3 heterocycles. The minimum absolute atomic E-state index is 0.423. The van der Waals surface area contributed by atoms with Crippen LogP contribution in [-0.4, -0.2) is 16.6 Å². The Balaban J connectivity index is 1.88. The summed E-state index contributed by atoms with van der Waals surface area (Å²) in [6, 6.07) is 4.13. The monoisotopic (exact) mass is 319 g/mol. The van der Waals surface area contributed by atoms with E-state index in [9.17, 15) is 0 Å². The molecule has 0 aromatic carbocycles. The number of thiophene rings is 2. The minimum atomic E-state index is 0.423. The number of hydrogen-bond donors (Lipinski definition) is 1. The number of unbranched alkanes of at least 4 members (excludes halogenated alkanes) is 1. The van der Waals surface area contributed by atoms with Crippen LogP contribution >= 0.6 is 22.7 Å². The number of aromatic nitrogens is 2. The van der Waals surface area contributed by atoms with Crippen molar-refractivity contribution in [3.05, 3.63) is 28.7 Å². The Morgan fingerprint density at radius 3 is 2.95 bits per heavy atom. The molecule has 0 unspecified atom stereocenters. The average Bonchev–Trinajstić information content (AvgIpc) is 3.12. The van der Waals surface area contributed by atoms with Crippen molar-refractivity contribution >= 4 is 38.7 Å². The van der Waals surface area contributed by atoms with Crippen molar-refractivity contribution in [1.29, 1.82) is 0 Å². The summed E-state index contributed by atoms with van der Waals surface area (Å²) in [5, 5.41) is 5.12. The first-order valence-electron chi connectivity index (χ1n) is 6.94. The SMILES string of the molecule is CCCCOCc1nc(N)c2c(-c3cccs3)csc2n1. The van der Waals surface area contributed by atoms with Gasteiger partial charge >= 0.3 is 0 Å². The molecule has 0 aliphatic carbocycles. The predicted molar refractivity (Wildman–Crippen MR) is 89.7 cm³/mol. The molecule has 0 aliphatic heterocycles.